The number of amides is 1. The second-order valence-corrected chi connectivity index (χ2v) is 5.17. The van der Waals surface area contributed by atoms with Crippen LogP contribution in [0, 0.1) is 5.82 Å². The number of anilines is 1. The number of alkyl halides is 1. The van der Waals surface area contributed by atoms with Gasteiger partial charge in [-0.3, -0.25) is 4.79 Å². The molecular weight excluding hydrogens is 340 g/mol. The van der Waals surface area contributed by atoms with Crippen LogP contribution in [0.15, 0.2) is 36.4 Å². The summed E-state index contributed by atoms with van der Waals surface area (Å²) in [7, 11) is 0. The Labute approximate surface area is 135 Å². The van der Waals surface area contributed by atoms with Gasteiger partial charge in [0.15, 0.2) is 11.6 Å². The molecule has 0 atom stereocenters. The molecule has 0 saturated carbocycles. The van der Waals surface area contributed by atoms with Gasteiger partial charge in [0.05, 0.1) is 0 Å². The number of hydrogen-bond acceptors (Lipinski definition) is 2. The molecule has 0 bridgehead atoms. The Kier molecular flexibility index (Phi) is 5.28. The van der Waals surface area contributed by atoms with E-state index in [0.29, 0.717) is 15.8 Å². The van der Waals surface area contributed by atoms with E-state index in [1.165, 1.54) is 30.3 Å². The Morgan fingerprint density at radius 3 is 2.38 bits per heavy atom. The number of halogens is 4. The van der Waals surface area contributed by atoms with Gasteiger partial charge >= 0.3 is 0 Å². The molecule has 110 valence electrons. The molecule has 0 aliphatic heterocycles. The minimum atomic E-state index is -0.640. The Balaban J connectivity index is 2.19. The normalized spacial score (nSPS) is 10.3. The predicted molar refractivity (Wildman–Crippen MR) is 82.3 cm³/mol. The second-order valence-electron chi connectivity index (χ2n) is 4.03. The molecule has 7 heteroatoms. The third-order valence-electron chi connectivity index (χ3n) is 2.40. The van der Waals surface area contributed by atoms with Crippen molar-refractivity contribution in [2.24, 2.45) is 0 Å². The number of ether oxygens (including phenoxy) is 1. The first-order chi connectivity index (χ1) is 9.97. The molecule has 0 aliphatic rings. The van der Waals surface area contributed by atoms with Gasteiger partial charge in [0.1, 0.15) is 11.6 Å². The van der Waals surface area contributed by atoms with Gasteiger partial charge in [-0.15, -0.1) is 11.6 Å². The molecule has 0 heterocycles. The highest BCUT2D eigenvalue weighted by Gasteiger charge is 2.09. The average Bonchev–Trinajstić information content (AvgIpc) is 2.40. The number of hydrogen-bond donors (Lipinski definition) is 1. The highest BCUT2D eigenvalue weighted by Crippen LogP contribution is 2.30. The zero-order valence-corrected chi connectivity index (χ0v) is 12.8. The highest BCUT2D eigenvalue weighted by molar-refractivity contribution is 6.34. The van der Waals surface area contributed by atoms with Gasteiger partial charge in [0.25, 0.3) is 0 Å². The van der Waals surface area contributed by atoms with Gasteiger partial charge in [-0.1, -0.05) is 23.2 Å². The summed E-state index contributed by atoms with van der Waals surface area (Å²) in [5.74, 6) is -0.980. The van der Waals surface area contributed by atoms with Gasteiger partial charge in [-0.2, -0.15) is 0 Å². The third kappa shape index (κ3) is 4.49. The van der Waals surface area contributed by atoms with E-state index in [-0.39, 0.29) is 17.3 Å². The molecule has 0 unspecified atom stereocenters. The Morgan fingerprint density at radius 2 is 1.81 bits per heavy atom. The van der Waals surface area contributed by atoms with Crippen LogP contribution in [0.4, 0.5) is 10.1 Å². The van der Waals surface area contributed by atoms with Crippen molar-refractivity contribution in [1.29, 1.82) is 0 Å². The van der Waals surface area contributed by atoms with Crippen molar-refractivity contribution >= 4 is 46.4 Å². The lowest BCUT2D eigenvalue weighted by Crippen LogP contribution is -2.12. The third-order valence-corrected chi connectivity index (χ3v) is 3.08. The van der Waals surface area contributed by atoms with Crippen molar-refractivity contribution in [1.82, 2.24) is 0 Å². The largest absolute Gasteiger partial charge is 0.454 e. The first kappa shape index (κ1) is 15.9. The summed E-state index contributed by atoms with van der Waals surface area (Å²) in [5, 5.41) is 3.19. The van der Waals surface area contributed by atoms with E-state index in [1.807, 2.05) is 0 Å². The van der Waals surface area contributed by atoms with Gasteiger partial charge in [-0.25, -0.2) is 4.39 Å². The maximum absolute atomic E-state index is 13.9. The molecule has 3 nitrogen and oxygen atoms in total. The number of carbonyl (C=O) groups is 1. The summed E-state index contributed by atoms with van der Waals surface area (Å²) in [6.07, 6.45) is 0. The minimum absolute atomic E-state index is 0.0165. The highest BCUT2D eigenvalue weighted by atomic mass is 35.5. The summed E-state index contributed by atoms with van der Waals surface area (Å²) >= 11 is 17.0. The van der Waals surface area contributed by atoms with Crippen LogP contribution in [0.1, 0.15) is 0 Å². The van der Waals surface area contributed by atoms with Crippen molar-refractivity contribution < 1.29 is 13.9 Å². The maximum atomic E-state index is 13.9. The number of benzene rings is 2. The van der Waals surface area contributed by atoms with Crippen LogP contribution >= 0.6 is 34.8 Å². The second kappa shape index (κ2) is 6.98. The molecule has 0 aromatic heterocycles. The molecule has 1 amide bonds. The first-order valence-electron chi connectivity index (χ1n) is 5.77. The molecular formula is C14H9Cl3FNO2. The molecule has 0 spiro atoms. The topological polar surface area (TPSA) is 38.3 Å². The molecule has 0 radical (unpaired) electrons. The van der Waals surface area contributed by atoms with E-state index in [4.69, 9.17) is 39.5 Å². The smallest absolute Gasteiger partial charge is 0.239 e. The van der Waals surface area contributed by atoms with Crippen LogP contribution in [0.5, 0.6) is 11.5 Å². The quantitative estimate of drug-likeness (QED) is 0.780. The lowest BCUT2D eigenvalue weighted by atomic mass is 10.2. The molecule has 21 heavy (non-hydrogen) atoms. The molecule has 2 aromatic carbocycles. The fourth-order valence-electron chi connectivity index (χ4n) is 1.57. The lowest BCUT2D eigenvalue weighted by molar-refractivity contribution is -0.113. The fourth-order valence-corrected chi connectivity index (χ4v) is 2.14. The average molecular weight is 349 g/mol. The number of carbonyl (C=O) groups excluding carboxylic acids is 1. The zero-order chi connectivity index (χ0) is 15.4. The zero-order valence-electron chi connectivity index (χ0n) is 10.5. The molecule has 0 aliphatic carbocycles. The molecule has 0 saturated heterocycles. The van der Waals surface area contributed by atoms with Gasteiger partial charge in [0.2, 0.25) is 5.91 Å². The lowest BCUT2D eigenvalue weighted by Gasteiger charge is -2.09. The van der Waals surface area contributed by atoms with Crippen LogP contribution < -0.4 is 10.1 Å². The van der Waals surface area contributed by atoms with Crippen molar-refractivity contribution in [2.75, 3.05) is 11.2 Å². The summed E-state index contributed by atoms with van der Waals surface area (Å²) in [4.78, 5) is 11.1. The van der Waals surface area contributed by atoms with Gasteiger partial charge < -0.3 is 10.1 Å². The van der Waals surface area contributed by atoms with Gasteiger partial charge in [0, 0.05) is 21.8 Å². The van der Waals surface area contributed by atoms with Crippen LogP contribution in [0.3, 0.4) is 0 Å². The standard InChI is InChI=1S/C14H9Cl3FNO2/c15-7-14(20)19-10-1-2-13(12(18)6-10)21-11-4-8(16)3-9(17)5-11/h1-6H,7H2,(H,19,20). The molecule has 2 rings (SSSR count). The Bertz CT molecular complexity index is 659. The Morgan fingerprint density at radius 1 is 1.14 bits per heavy atom. The van der Waals surface area contributed by atoms with Crippen molar-refractivity contribution in [2.45, 2.75) is 0 Å². The molecule has 1 N–H and O–H groups in total. The maximum Gasteiger partial charge on any atom is 0.239 e. The van der Waals surface area contributed by atoms with Crippen molar-refractivity contribution in [3.63, 3.8) is 0 Å². The van der Waals surface area contributed by atoms with E-state index >= 15 is 0 Å². The summed E-state index contributed by atoms with van der Waals surface area (Å²) < 4.78 is 19.3. The van der Waals surface area contributed by atoms with Crippen molar-refractivity contribution in [3.8, 4) is 11.5 Å². The van der Waals surface area contributed by atoms with E-state index < -0.39 is 11.7 Å². The SMILES string of the molecule is O=C(CCl)Nc1ccc(Oc2cc(Cl)cc(Cl)c2)c(F)c1. The van der Waals surface area contributed by atoms with Crippen LogP contribution in [0.2, 0.25) is 10.0 Å². The summed E-state index contributed by atoms with van der Waals surface area (Å²) in [5.41, 5.74) is 0.287. The van der Waals surface area contributed by atoms with Crippen molar-refractivity contribution in [3.05, 3.63) is 52.3 Å². The van der Waals surface area contributed by atoms with E-state index in [2.05, 4.69) is 5.32 Å². The van der Waals surface area contributed by atoms with E-state index in [1.54, 1.807) is 0 Å². The number of rotatable bonds is 4. The van der Waals surface area contributed by atoms with Crippen LogP contribution in [0.25, 0.3) is 0 Å². The molecule has 2 aromatic rings. The summed E-state index contributed by atoms with van der Waals surface area (Å²) in [6.45, 7) is 0. The van der Waals surface area contributed by atoms with E-state index in [9.17, 15) is 9.18 Å². The summed E-state index contributed by atoms with van der Waals surface area (Å²) in [6, 6.07) is 8.57. The predicted octanol–water partition coefficient (Wildman–Crippen LogP) is 5.10. The minimum Gasteiger partial charge on any atom is -0.454 e. The van der Waals surface area contributed by atoms with E-state index in [0.717, 1.165) is 6.07 Å². The van der Waals surface area contributed by atoms with Crippen LogP contribution in [-0.2, 0) is 4.79 Å². The Hall–Kier alpha value is -1.49. The number of nitrogens with one attached hydrogen (secondary N) is 1. The molecule has 0 fully saturated rings. The monoisotopic (exact) mass is 347 g/mol. The first-order valence-corrected chi connectivity index (χ1v) is 7.06. The van der Waals surface area contributed by atoms with Crippen LogP contribution in [-0.4, -0.2) is 11.8 Å². The fraction of sp³-hybridized carbons (Fsp3) is 0.0714. The van der Waals surface area contributed by atoms with Gasteiger partial charge in [-0.05, 0) is 30.3 Å².